The van der Waals surface area contributed by atoms with Crippen molar-refractivity contribution in [3.05, 3.63) is 72.2 Å². The molecule has 6 nitrogen and oxygen atoms in total. The standard InChI is InChI=1S/C24H24F5N3O3/c1-14(17-4-2-3-5-19(17)35-12-21(26)27)22(33)18(11-32(30)16-7-8-16)15-6-9-20(31-10-15)24(34,13-25)23(28)29/h2-6,9-11,16,21,23,34H,1,7-8,12-13,30H2/b18-11-. The van der Waals surface area contributed by atoms with Crippen LogP contribution in [-0.2, 0) is 10.4 Å². The number of benzene rings is 1. The molecule has 0 saturated heterocycles. The highest BCUT2D eigenvalue weighted by atomic mass is 19.3. The number of hydrogen-bond acceptors (Lipinski definition) is 6. The third-order valence-electron chi connectivity index (χ3n) is 5.43. The van der Waals surface area contributed by atoms with Crippen LogP contribution in [0.15, 0.2) is 55.4 Å². The molecule has 11 heteroatoms. The summed E-state index contributed by atoms with van der Waals surface area (Å²) in [7, 11) is 0. The molecule has 3 N–H and O–H groups in total. The van der Waals surface area contributed by atoms with Gasteiger partial charge in [0.2, 0.25) is 0 Å². The minimum atomic E-state index is -3.43. The van der Waals surface area contributed by atoms with Crippen LogP contribution in [0.1, 0.15) is 29.7 Å². The highest BCUT2D eigenvalue weighted by molar-refractivity contribution is 6.42. The molecule has 0 aliphatic heterocycles. The summed E-state index contributed by atoms with van der Waals surface area (Å²) in [6.07, 6.45) is -2.17. The van der Waals surface area contributed by atoms with Crippen molar-refractivity contribution in [3.63, 3.8) is 0 Å². The molecule has 1 aromatic carbocycles. The molecule has 1 aliphatic rings. The molecule has 1 unspecified atom stereocenters. The first-order chi connectivity index (χ1) is 16.6. The second-order valence-electron chi connectivity index (χ2n) is 8.02. The number of carbonyl (C=O) groups is 1. The molecule has 35 heavy (non-hydrogen) atoms. The highest BCUT2D eigenvalue weighted by Crippen LogP contribution is 2.33. The van der Waals surface area contributed by atoms with Crippen LogP contribution in [0.4, 0.5) is 22.0 Å². The number of ether oxygens (including phenoxy) is 1. The van der Waals surface area contributed by atoms with Crippen molar-refractivity contribution in [1.29, 1.82) is 0 Å². The van der Waals surface area contributed by atoms with Crippen LogP contribution in [0, 0.1) is 0 Å². The Labute approximate surface area is 198 Å². The van der Waals surface area contributed by atoms with E-state index in [1.54, 1.807) is 12.1 Å². The van der Waals surface area contributed by atoms with E-state index in [1.165, 1.54) is 29.4 Å². The summed E-state index contributed by atoms with van der Waals surface area (Å²) in [6, 6.07) is 8.22. The summed E-state index contributed by atoms with van der Waals surface area (Å²) in [6.45, 7) is 1.15. The minimum Gasteiger partial charge on any atom is -0.487 e. The number of nitrogens with two attached hydrogens (primary N) is 1. The number of pyridine rings is 1. The molecule has 1 aromatic heterocycles. The van der Waals surface area contributed by atoms with Gasteiger partial charge in [-0.2, -0.15) is 0 Å². The van der Waals surface area contributed by atoms with Gasteiger partial charge in [-0.3, -0.25) is 9.78 Å². The second-order valence-corrected chi connectivity index (χ2v) is 8.02. The average molecular weight is 497 g/mol. The van der Waals surface area contributed by atoms with Crippen molar-refractivity contribution >= 4 is 16.9 Å². The molecule has 188 valence electrons. The first-order valence-electron chi connectivity index (χ1n) is 10.6. The van der Waals surface area contributed by atoms with Crippen molar-refractivity contribution < 1.29 is 36.6 Å². The maximum Gasteiger partial charge on any atom is 0.275 e. The number of ketones is 1. The maximum atomic E-state index is 13.4. The zero-order valence-corrected chi connectivity index (χ0v) is 18.5. The van der Waals surface area contributed by atoms with Crippen molar-refractivity contribution in [3.8, 4) is 5.75 Å². The summed E-state index contributed by atoms with van der Waals surface area (Å²) < 4.78 is 69.9. The number of carbonyl (C=O) groups excluding carboxylic acids is 1. The van der Waals surface area contributed by atoms with E-state index in [1.807, 2.05) is 0 Å². The third kappa shape index (κ3) is 6.04. The molecule has 1 saturated carbocycles. The summed E-state index contributed by atoms with van der Waals surface area (Å²) in [5.74, 6) is 5.39. The van der Waals surface area contributed by atoms with Crippen molar-refractivity contribution in [2.75, 3.05) is 13.3 Å². The maximum absolute atomic E-state index is 13.4. The van der Waals surface area contributed by atoms with E-state index in [0.29, 0.717) is 0 Å². The fourth-order valence-electron chi connectivity index (χ4n) is 3.22. The molecular weight excluding hydrogens is 473 g/mol. The quantitative estimate of drug-likeness (QED) is 0.199. The molecule has 0 radical (unpaired) electrons. The van der Waals surface area contributed by atoms with Crippen LogP contribution in [0.3, 0.4) is 0 Å². The van der Waals surface area contributed by atoms with Crippen molar-refractivity contribution in [1.82, 2.24) is 9.99 Å². The molecule has 1 atom stereocenters. The summed E-state index contributed by atoms with van der Waals surface area (Å²) in [5.41, 5.74) is -3.51. The number of aliphatic hydroxyl groups is 1. The second kappa shape index (κ2) is 11.0. The summed E-state index contributed by atoms with van der Waals surface area (Å²) in [5, 5.41) is 11.2. The monoisotopic (exact) mass is 497 g/mol. The molecule has 1 heterocycles. The van der Waals surface area contributed by atoms with Gasteiger partial charge in [-0.05, 0) is 25.0 Å². The number of halogens is 5. The van der Waals surface area contributed by atoms with Gasteiger partial charge in [-0.15, -0.1) is 0 Å². The lowest BCUT2D eigenvalue weighted by Crippen LogP contribution is -2.37. The number of allylic oxidation sites excluding steroid dienone is 2. The number of alkyl halides is 5. The van der Waals surface area contributed by atoms with Crippen molar-refractivity contribution in [2.24, 2.45) is 5.84 Å². The Balaban J connectivity index is 1.97. The van der Waals surface area contributed by atoms with Crippen LogP contribution in [-0.4, -0.2) is 53.1 Å². The fourth-order valence-corrected chi connectivity index (χ4v) is 3.22. The predicted molar refractivity (Wildman–Crippen MR) is 119 cm³/mol. The fraction of sp³-hybridized carbons (Fsp3) is 0.333. The molecule has 0 amide bonds. The Hall–Kier alpha value is -3.31. The smallest absolute Gasteiger partial charge is 0.275 e. The molecule has 1 aliphatic carbocycles. The van der Waals surface area contributed by atoms with E-state index < -0.39 is 43.2 Å². The van der Waals surface area contributed by atoms with Crippen LogP contribution in [0.25, 0.3) is 11.1 Å². The zero-order valence-electron chi connectivity index (χ0n) is 18.5. The van der Waals surface area contributed by atoms with E-state index in [0.717, 1.165) is 25.1 Å². The number of hydrogen-bond donors (Lipinski definition) is 2. The number of rotatable bonds is 12. The zero-order chi connectivity index (χ0) is 25.8. The van der Waals surface area contributed by atoms with E-state index in [-0.39, 0.29) is 34.1 Å². The lowest BCUT2D eigenvalue weighted by molar-refractivity contribution is -0.117. The van der Waals surface area contributed by atoms with Crippen LogP contribution in [0.5, 0.6) is 5.75 Å². The molecule has 0 spiro atoms. The topological polar surface area (TPSA) is 88.7 Å². The van der Waals surface area contributed by atoms with E-state index in [2.05, 4.69) is 11.6 Å². The van der Waals surface area contributed by atoms with Crippen LogP contribution >= 0.6 is 0 Å². The van der Waals surface area contributed by atoms with Gasteiger partial charge in [0.25, 0.3) is 12.9 Å². The summed E-state index contributed by atoms with van der Waals surface area (Å²) in [4.78, 5) is 17.2. The highest BCUT2D eigenvalue weighted by Gasteiger charge is 2.41. The van der Waals surface area contributed by atoms with Gasteiger partial charge in [0, 0.05) is 40.7 Å². The Kier molecular flexibility index (Phi) is 8.23. The molecular formula is C24H24F5N3O3. The van der Waals surface area contributed by atoms with Gasteiger partial charge in [0.1, 0.15) is 19.0 Å². The van der Waals surface area contributed by atoms with Crippen molar-refractivity contribution in [2.45, 2.75) is 37.3 Å². The third-order valence-corrected chi connectivity index (χ3v) is 5.43. The SMILES string of the molecule is C=C(C(=O)/C(=C\N(N)C1CC1)c1ccc(C(O)(CF)C(F)F)nc1)c1ccccc1OCC(F)F. The Morgan fingerprint density at radius 3 is 2.49 bits per heavy atom. The van der Waals surface area contributed by atoms with Crippen LogP contribution in [0.2, 0.25) is 0 Å². The number of hydrazine groups is 1. The van der Waals surface area contributed by atoms with E-state index in [4.69, 9.17) is 10.6 Å². The lowest BCUT2D eigenvalue weighted by atomic mass is 9.93. The lowest BCUT2D eigenvalue weighted by Gasteiger charge is -2.23. The normalized spacial score (nSPS) is 15.7. The van der Waals surface area contributed by atoms with Gasteiger partial charge in [-0.1, -0.05) is 30.8 Å². The first kappa shape index (κ1) is 26.3. The molecule has 1 fully saturated rings. The number of nitrogens with zero attached hydrogens (tertiary/aromatic N) is 2. The number of aromatic nitrogens is 1. The Bertz CT molecular complexity index is 1090. The van der Waals surface area contributed by atoms with E-state index in [9.17, 15) is 31.9 Å². The Morgan fingerprint density at radius 1 is 1.26 bits per heavy atom. The molecule has 2 aromatic rings. The van der Waals surface area contributed by atoms with Gasteiger partial charge in [0.05, 0.1) is 5.69 Å². The summed E-state index contributed by atoms with van der Waals surface area (Å²) >= 11 is 0. The van der Waals surface area contributed by atoms with Gasteiger partial charge >= 0.3 is 0 Å². The van der Waals surface area contributed by atoms with Crippen LogP contribution < -0.4 is 10.6 Å². The van der Waals surface area contributed by atoms with Gasteiger partial charge in [0.15, 0.2) is 11.4 Å². The molecule has 0 bridgehead atoms. The first-order valence-corrected chi connectivity index (χ1v) is 10.6. The number of para-hydroxylation sites is 1. The average Bonchev–Trinajstić information content (AvgIpc) is 3.70. The Morgan fingerprint density at radius 2 is 1.94 bits per heavy atom. The van der Waals surface area contributed by atoms with Gasteiger partial charge < -0.3 is 14.9 Å². The largest absolute Gasteiger partial charge is 0.487 e. The minimum absolute atomic E-state index is 0.00424. The molecule has 3 rings (SSSR count). The predicted octanol–water partition coefficient (Wildman–Crippen LogP) is 4.11. The van der Waals surface area contributed by atoms with E-state index >= 15 is 0 Å². The number of Topliss-reactive ketones (excluding diaryl/α,β-unsaturated/α-hetero) is 1. The van der Waals surface area contributed by atoms with Gasteiger partial charge in [-0.25, -0.2) is 27.8 Å².